The number of rotatable bonds is 6. The average molecular weight is 341 g/mol. The van der Waals surface area contributed by atoms with Crippen molar-refractivity contribution in [2.45, 2.75) is 25.3 Å². The van der Waals surface area contributed by atoms with Gasteiger partial charge in [0.2, 0.25) is 15.9 Å². The van der Waals surface area contributed by atoms with Crippen molar-refractivity contribution in [3.05, 3.63) is 35.4 Å². The average Bonchev–Trinajstić information content (AvgIpc) is 2.54. The number of sulfonamides is 1. The largest absolute Gasteiger partial charge is 0.379 e. The smallest absolute Gasteiger partial charge is 0.236 e. The maximum atomic E-state index is 12.5. The molecule has 1 aliphatic heterocycles. The monoisotopic (exact) mass is 341 g/mol. The molecule has 0 saturated carbocycles. The predicted molar refractivity (Wildman–Crippen MR) is 87.0 cm³/mol. The Morgan fingerprint density at radius 2 is 1.91 bits per heavy atom. The van der Waals surface area contributed by atoms with Crippen molar-refractivity contribution in [2.75, 3.05) is 26.3 Å². The van der Waals surface area contributed by atoms with E-state index in [1.165, 1.54) is 4.31 Å². The molecule has 23 heavy (non-hydrogen) atoms. The number of nitrogens with one attached hydrogen (secondary N) is 1. The third kappa shape index (κ3) is 5.00. The van der Waals surface area contributed by atoms with Gasteiger partial charge in [-0.3, -0.25) is 4.79 Å². The molecule has 128 valence electrons. The lowest BCUT2D eigenvalue weighted by atomic mass is 10.1. The molecule has 1 aliphatic rings. The lowest BCUT2D eigenvalue weighted by Gasteiger charge is -2.26. The zero-order valence-electron chi connectivity index (χ0n) is 13.2. The van der Waals surface area contributed by atoms with Gasteiger partial charge in [0.05, 0.1) is 25.0 Å². The molecule has 0 aromatic heterocycles. The first-order chi connectivity index (χ1) is 10.9. The molecule has 0 unspecified atom stereocenters. The summed E-state index contributed by atoms with van der Waals surface area (Å²) in [7, 11) is -3.40. The van der Waals surface area contributed by atoms with Crippen LogP contribution in [0.25, 0.3) is 0 Å². The first-order valence-electron chi connectivity index (χ1n) is 7.56. The Balaban J connectivity index is 2.09. The van der Waals surface area contributed by atoms with E-state index in [-0.39, 0.29) is 18.2 Å². The van der Waals surface area contributed by atoms with E-state index in [2.05, 4.69) is 5.32 Å². The Labute approximate surface area is 136 Å². The van der Waals surface area contributed by atoms with Gasteiger partial charge in [0, 0.05) is 19.6 Å². The molecular formula is C15H23N3O4S. The van der Waals surface area contributed by atoms with Gasteiger partial charge in [-0.25, -0.2) is 8.42 Å². The summed E-state index contributed by atoms with van der Waals surface area (Å²) < 4.78 is 31.7. The number of carbonyl (C=O) groups excluding carboxylic acids is 1. The minimum atomic E-state index is -3.40. The van der Waals surface area contributed by atoms with E-state index in [9.17, 15) is 13.2 Å². The van der Waals surface area contributed by atoms with Crippen molar-refractivity contribution in [3.63, 3.8) is 0 Å². The Morgan fingerprint density at radius 1 is 1.30 bits per heavy atom. The van der Waals surface area contributed by atoms with Crippen LogP contribution in [0, 0.1) is 0 Å². The molecular weight excluding hydrogens is 318 g/mol. The second-order valence-corrected chi connectivity index (χ2v) is 7.51. The van der Waals surface area contributed by atoms with Crippen molar-refractivity contribution in [3.8, 4) is 0 Å². The molecule has 3 N–H and O–H groups in total. The van der Waals surface area contributed by atoms with Crippen molar-refractivity contribution in [1.29, 1.82) is 0 Å². The van der Waals surface area contributed by atoms with Crippen LogP contribution in [-0.2, 0) is 31.9 Å². The summed E-state index contributed by atoms with van der Waals surface area (Å²) in [6, 6.07) is 6.59. The van der Waals surface area contributed by atoms with Gasteiger partial charge in [-0.05, 0) is 18.1 Å². The topological polar surface area (TPSA) is 102 Å². The fourth-order valence-corrected chi connectivity index (χ4v) is 3.89. The molecule has 1 saturated heterocycles. The Morgan fingerprint density at radius 3 is 2.52 bits per heavy atom. The Bertz CT molecular complexity index is 640. The van der Waals surface area contributed by atoms with E-state index < -0.39 is 16.1 Å². The number of benzene rings is 1. The van der Waals surface area contributed by atoms with Gasteiger partial charge in [-0.2, -0.15) is 4.31 Å². The minimum Gasteiger partial charge on any atom is -0.379 e. The van der Waals surface area contributed by atoms with Crippen molar-refractivity contribution >= 4 is 15.9 Å². The van der Waals surface area contributed by atoms with Crippen LogP contribution in [-0.4, -0.2) is 51.0 Å². The summed E-state index contributed by atoms with van der Waals surface area (Å²) in [5.41, 5.74) is 6.97. The maximum absolute atomic E-state index is 12.5. The summed E-state index contributed by atoms with van der Waals surface area (Å²) in [4.78, 5) is 11.6. The molecule has 2 rings (SSSR count). The molecule has 0 aliphatic carbocycles. The van der Waals surface area contributed by atoms with E-state index in [1.807, 2.05) is 12.1 Å². The van der Waals surface area contributed by atoms with Crippen LogP contribution in [0.4, 0.5) is 0 Å². The Hall–Kier alpha value is -1.48. The lowest BCUT2D eigenvalue weighted by Crippen LogP contribution is -2.41. The van der Waals surface area contributed by atoms with Gasteiger partial charge in [0.25, 0.3) is 0 Å². The summed E-state index contributed by atoms with van der Waals surface area (Å²) >= 11 is 0. The van der Waals surface area contributed by atoms with Crippen LogP contribution >= 0.6 is 0 Å². The zero-order chi connectivity index (χ0) is 16.9. The third-order valence-electron chi connectivity index (χ3n) is 3.69. The lowest BCUT2D eigenvalue weighted by molar-refractivity contribution is -0.122. The first-order valence-corrected chi connectivity index (χ1v) is 9.17. The van der Waals surface area contributed by atoms with Crippen LogP contribution in [0.1, 0.15) is 18.1 Å². The van der Waals surface area contributed by atoms with E-state index in [1.54, 1.807) is 19.1 Å². The SMILES string of the molecule is C[C@H](N)C(=O)NCc1ccccc1CS(=O)(=O)N1CCOCC1. The van der Waals surface area contributed by atoms with E-state index in [0.717, 1.165) is 5.56 Å². The quantitative estimate of drug-likeness (QED) is 0.747. The third-order valence-corrected chi connectivity index (χ3v) is 5.51. The fourth-order valence-electron chi connectivity index (χ4n) is 2.33. The van der Waals surface area contributed by atoms with Crippen LogP contribution < -0.4 is 11.1 Å². The van der Waals surface area contributed by atoms with Crippen molar-refractivity contribution in [2.24, 2.45) is 5.73 Å². The molecule has 1 atom stereocenters. The highest BCUT2D eigenvalue weighted by atomic mass is 32.2. The molecule has 1 heterocycles. The second-order valence-electron chi connectivity index (χ2n) is 5.54. The number of carbonyl (C=O) groups is 1. The van der Waals surface area contributed by atoms with Gasteiger partial charge in [-0.1, -0.05) is 24.3 Å². The fraction of sp³-hybridized carbons (Fsp3) is 0.533. The van der Waals surface area contributed by atoms with Crippen molar-refractivity contribution < 1.29 is 17.9 Å². The van der Waals surface area contributed by atoms with Crippen LogP contribution in [0.15, 0.2) is 24.3 Å². The highest BCUT2D eigenvalue weighted by molar-refractivity contribution is 7.88. The summed E-state index contributed by atoms with van der Waals surface area (Å²) in [5.74, 6) is -0.354. The number of hydrogen-bond acceptors (Lipinski definition) is 5. The molecule has 1 aromatic rings. The maximum Gasteiger partial charge on any atom is 0.236 e. The molecule has 1 amide bonds. The molecule has 1 fully saturated rings. The van der Waals surface area contributed by atoms with Crippen LogP contribution in [0.3, 0.4) is 0 Å². The molecule has 0 spiro atoms. The van der Waals surface area contributed by atoms with Crippen molar-refractivity contribution in [1.82, 2.24) is 9.62 Å². The normalized spacial score (nSPS) is 17.7. The number of amides is 1. The number of nitrogens with two attached hydrogens (primary N) is 1. The standard InChI is InChI=1S/C15H23N3O4S/c1-12(16)15(19)17-10-13-4-2-3-5-14(13)11-23(20,21)18-6-8-22-9-7-18/h2-5,12H,6-11,16H2,1H3,(H,17,19)/t12-/m0/s1. The van der Waals surface area contributed by atoms with E-state index in [4.69, 9.17) is 10.5 Å². The number of morpholine rings is 1. The van der Waals surface area contributed by atoms with Gasteiger partial charge in [0.1, 0.15) is 0 Å². The minimum absolute atomic E-state index is 0.0861. The Kier molecular flexibility index (Phi) is 6.11. The summed E-state index contributed by atoms with van der Waals surface area (Å²) in [6.07, 6.45) is 0. The highest BCUT2D eigenvalue weighted by Crippen LogP contribution is 2.16. The molecule has 7 nitrogen and oxygen atoms in total. The summed E-state index contributed by atoms with van der Waals surface area (Å²) in [5, 5.41) is 2.71. The highest BCUT2D eigenvalue weighted by Gasteiger charge is 2.25. The molecule has 8 heteroatoms. The van der Waals surface area contributed by atoms with Gasteiger partial charge < -0.3 is 15.8 Å². The molecule has 0 radical (unpaired) electrons. The molecule has 1 aromatic carbocycles. The number of hydrogen-bond donors (Lipinski definition) is 2. The van der Waals surface area contributed by atoms with E-state index >= 15 is 0 Å². The van der Waals surface area contributed by atoms with Gasteiger partial charge >= 0.3 is 0 Å². The predicted octanol–water partition coefficient (Wildman–Crippen LogP) is -0.188. The number of nitrogens with zero attached hydrogens (tertiary/aromatic N) is 1. The van der Waals surface area contributed by atoms with E-state index in [0.29, 0.717) is 31.9 Å². The first kappa shape index (κ1) is 17.9. The molecule has 0 bridgehead atoms. The van der Waals surface area contributed by atoms with Crippen LogP contribution in [0.2, 0.25) is 0 Å². The van der Waals surface area contributed by atoms with Crippen LogP contribution in [0.5, 0.6) is 0 Å². The summed E-state index contributed by atoms with van der Waals surface area (Å²) in [6.45, 7) is 3.47. The van der Waals surface area contributed by atoms with Gasteiger partial charge in [-0.15, -0.1) is 0 Å². The zero-order valence-corrected chi connectivity index (χ0v) is 14.0. The number of ether oxygens (including phenoxy) is 1. The second kappa shape index (κ2) is 7.87. The van der Waals surface area contributed by atoms with Gasteiger partial charge in [0.15, 0.2) is 0 Å².